The molecule has 94 valence electrons. The number of halogens is 1. The summed E-state index contributed by atoms with van der Waals surface area (Å²) in [7, 11) is 1.71. The van der Waals surface area contributed by atoms with Crippen LogP contribution in [0.25, 0.3) is 0 Å². The molecule has 0 aliphatic carbocycles. The molecule has 0 spiro atoms. The topological polar surface area (TPSA) is 44.1 Å². The molecule has 0 saturated heterocycles. The molecule has 0 aromatic heterocycles. The Labute approximate surface area is 120 Å². The third-order valence-electron chi connectivity index (χ3n) is 2.76. The smallest absolute Gasteiger partial charge is 0.258 e. The van der Waals surface area contributed by atoms with Crippen molar-refractivity contribution in [1.82, 2.24) is 0 Å². The first-order valence-electron chi connectivity index (χ1n) is 5.65. The van der Waals surface area contributed by atoms with E-state index in [0.29, 0.717) is 11.1 Å². The van der Waals surface area contributed by atoms with Crippen molar-refractivity contribution in [2.45, 2.75) is 0 Å². The molecule has 0 unspecified atom stereocenters. The van der Waals surface area contributed by atoms with Crippen molar-refractivity contribution in [1.29, 1.82) is 5.26 Å². The highest BCUT2D eigenvalue weighted by Gasteiger charge is 2.13. The minimum absolute atomic E-state index is 0.0917. The zero-order chi connectivity index (χ0) is 13.8. The maximum Gasteiger partial charge on any atom is 0.258 e. The van der Waals surface area contributed by atoms with Crippen molar-refractivity contribution in [2.24, 2.45) is 0 Å². The average molecular weight is 315 g/mol. The van der Waals surface area contributed by atoms with Gasteiger partial charge in [-0.1, -0.05) is 22.0 Å². The Morgan fingerprint density at radius 2 is 1.89 bits per heavy atom. The van der Waals surface area contributed by atoms with Crippen LogP contribution in [0.4, 0.5) is 5.69 Å². The molecule has 19 heavy (non-hydrogen) atoms. The van der Waals surface area contributed by atoms with Crippen molar-refractivity contribution in [3.8, 4) is 6.07 Å². The summed E-state index contributed by atoms with van der Waals surface area (Å²) in [4.78, 5) is 13.9. The summed E-state index contributed by atoms with van der Waals surface area (Å²) >= 11 is 3.35. The molecule has 0 atom stereocenters. The summed E-state index contributed by atoms with van der Waals surface area (Å²) < 4.78 is 0.867. The molecule has 0 heterocycles. The number of hydrogen-bond acceptors (Lipinski definition) is 2. The number of amides is 1. The number of carbonyl (C=O) groups is 1. The van der Waals surface area contributed by atoms with E-state index in [1.165, 1.54) is 0 Å². The summed E-state index contributed by atoms with van der Waals surface area (Å²) in [6.45, 7) is 0. The fourth-order valence-electron chi connectivity index (χ4n) is 1.69. The summed E-state index contributed by atoms with van der Waals surface area (Å²) in [5.41, 5.74) is 1.94. The molecule has 0 radical (unpaired) electrons. The van der Waals surface area contributed by atoms with E-state index in [0.717, 1.165) is 10.2 Å². The molecule has 4 heteroatoms. The predicted molar refractivity (Wildman–Crippen MR) is 78.0 cm³/mol. The van der Waals surface area contributed by atoms with Crippen LogP contribution in [-0.2, 0) is 0 Å². The summed E-state index contributed by atoms with van der Waals surface area (Å²) in [5.74, 6) is -0.0917. The van der Waals surface area contributed by atoms with Crippen LogP contribution in [0.2, 0.25) is 0 Å². The summed E-state index contributed by atoms with van der Waals surface area (Å²) in [6, 6.07) is 16.2. The molecular formula is C15H11BrN2O. The van der Waals surface area contributed by atoms with Crippen LogP contribution >= 0.6 is 15.9 Å². The second kappa shape index (κ2) is 5.68. The van der Waals surface area contributed by atoms with Gasteiger partial charge >= 0.3 is 0 Å². The second-order valence-electron chi connectivity index (χ2n) is 4.03. The zero-order valence-electron chi connectivity index (χ0n) is 10.3. The number of benzene rings is 2. The fraction of sp³-hybridized carbons (Fsp3) is 0.0667. The van der Waals surface area contributed by atoms with Gasteiger partial charge in [-0.25, -0.2) is 0 Å². The van der Waals surface area contributed by atoms with E-state index < -0.39 is 0 Å². The van der Waals surface area contributed by atoms with Gasteiger partial charge in [0, 0.05) is 22.8 Å². The van der Waals surface area contributed by atoms with Gasteiger partial charge in [0.05, 0.1) is 11.6 Å². The monoisotopic (exact) mass is 314 g/mol. The Hall–Kier alpha value is -2.12. The van der Waals surface area contributed by atoms with Crippen molar-refractivity contribution in [2.75, 3.05) is 11.9 Å². The molecule has 0 fully saturated rings. The number of anilines is 1. The third-order valence-corrected chi connectivity index (χ3v) is 3.25. The van der Waals surface area contributed by atoms with E-state index in [1.807, 2.05) is 12.1 Å². The van der Waals surface area contributed by atoms with Crippen LogP contribution in [0.1, 0.15) is 15.9 Å². The van der Waals surface area contributed by atoms with E-state index >= 15 is 0 Å². The van der Waals surface area contributed by atoms with E-state index in [1.54, 1.807) is 48.3 Å². The normalized spacial score (nSPS) is 9.74. The van der Waals surface area contributed by atoms with Gasteiger partial charge in [-0.2, -0.15) is 5.26 Å². The fourth-order valence-corrected chi connectivity index (χ4v) is 2.09. The molecule has 1 amide bonds. The Balaban J connectivity index is 2.26. The van der Waals surface area contributed by atoms with Crippen molar-refractivity contribution in [3.05, 3.63) is 64.1 Å². The van der Waals surface area contributed by atoms with Gasteiger partial charge < -0.3 is 4.90 Å². The van der Waals surface area contributed by atoms with Crippen molar-refractivity contribution in [3.63, 3.8) is 0 Å². The number of hydrogen-bond donors (Lipinski definition) is 0. The maximum absolute atomic E-state index is 12.3. The minimum Gasteiger partial charge on any atom is -0.311 e. The predicted octanol–water partition coefficient (Wildman–Crippen LogP) is 3.60. The van der Waals surface area contributed by atoms with Crippen LogP contribution in [0.3, 0.4) is 0 Å². The highest BCUT2D eigenvalue weighted by atomic mass is 79.9. The lowest BCUT2D eigenvalue weighted by molar-refractivity contribution is 0.0993. The average Bonchev–Trinajstić information content (AvgIpc) is 2.46. The van der Waals surface area contributed by atoms with Gasteiger partial charge in [0.2, 0.25) is 0 Å². The number of nitriles is 1. The van der Waals surface area contributed by atoms with Crippen LogP contribution in [0, 0.1) is 11.3 Å². The lowest BCUT2D eigenvalue weighted by Gasteiger charge is -2.17. The van der Waals surface area contributed by atoms with Crippen LogP contribution < -0.4 is 4.90 Å². The number of carbonyl (C=O) groups excluding carboxylic acids is 1. The molecular weight excluding hydrogens is 304 g/mol. The molecule has 2 aromatic carbocycles. The van der Waals surface area contributed by atoms with E-state index in [2.05, 4.69) is 22.0 Å². The quantitative estimate of drug-likeness (QED) is 0.850. The largest absolute Gasteiger partial charge is 0.311 e. The zero-order valence-corrected chi connectivity index (χ0v) is 11.9. The third kappa shape index (κ3) is 3.01. The summed E-state index contributed by atoms with van der Waals surface area (Å²) in [5, 5.41) is 8.75. The molecule has 0 aliphatic rings. The van der Waals surface area contributed by atoms with Gasteiger partial charge in [-0.3, -0.25) is 4.79 Å². The van der Waals surface area contributed by atoms with Crippen LogP contribution in [0.15, 0.2) is 53.0 Å². The first kappa shape index (κ1) is 13.3. The number of nitrogens with zero attached hydrogens (tertiary/aromatic N) is 2. The first-order valence-corrected chi connectivity index (χ1v) is 6.45. The Kier molecular flexibility index (Phi) is 3.98. The molecule has 0 aliphatic heterocycles. The van der Waals surface area contributed by atoms with Gasteiger partial charge in [0.25, 0.3) is 5.91 Å². The lowest BCUT2D eigenvalue weighted by Crippen LogP contribution is -2.26. The summed E-state index contributed by atoms with van der Waals surface area (Å²) in [6.07, 6.45) is 0. The Morgan fingerprint density at radius 3 is 2.47 bits per heavy atom. The van der Waals surface area contributed by atoms with Gasteiger partial charge in [0.1, 0.15) is 0 Å². The molecule has 3 nitrogen and oxygen atoms in total. The maximum atomic E-state index is 12.3. The standard InChI is InChI=1S/C15H11BrN2O/c1-18(14-7-5-11(10-17)6-8-14)15(19)12-3-2-4-13(16)9-12/h2-9H,1H3. The molecule has 2 rings (SSSR count). The lowest BCUT2D eigenvalue weighted by atomic mass is 10.1. The van der Waals surface area contributed by atoms with Crippen LogP contribution in [-0.4, -0.2) is 13.0 Å². The van der Waals surface area contributed by atoms with E-state index in [-0.39, 0.29) is 5.91 Å². The SMILES string of the molecule is CN(C(=O)c1cccc(Br)c1)c1ccc(C#N)cc1. The van der Waals surface area contributed by atoms with Gasteiger partial charge in [-0.15, -0.1) is 0 Å². The van der Waals surface area contributed by atoms with Gasteiger partial charge in [-0.05, 0) is 42.5 Å². The molecule has 0 N–H and O–H groups in total. The molecule has 0 saturated carbocycles. The number of rotatable bonds is 2. The van der Waals surface area contributed by atoms with Crippen LogP contribution in [0.5, 0.6) is 0 Å². The molecule has 2 aromatic rings. The highest BCUT2D eigenvalue weighted by Crippen LogP contribution is 2.18. The highest BCUT2D eigenvalue weighted by molar-refractivity contribution is 9.10. The van der Waals surface area contributed by atoms with Crippen molar-refractivity contribution < 1.29 is 4.79 Å². The second-order valence-corrected chi connectivity index (χ2v) is 4.95. The van der Waals surface area contributed by atoms with Crippen molar-refractivity contribution >= 4 is 27.5 Å². The van der Waals surface area contributed by atoms with E-state index in [9.17, 15) is 4.79 Å². The van der Waals surface area contributed by atoms with Gasteiger partial charge in [0.15, 0.2) is 0 Å². The Bertz CT molecular complexity index is 644. The molecule has 0 bridgehead atoms. The minimum atomic E-state index is -0.0917. The first-order chi connectivity index (χ1) is 9.11. The Morgan fingerprint density at radius 1 is 1.21 bits per heavy atom. The van der Waals surface area contributed by atoms with E-state index in [4.69, 9.17) is 5.26 Å².